The Balaban J connectivity index is 1.66. The van der Waals surface area contributed by atoms with Crippen molar-refractivity contribution >= 4 is 40.2 Å². The minimum absolute atomic E-state index is 0.153. The van der Waals surface area contributed by atoms with Gasteiger partial charge in [-0.2, -0.15) is 0 Å². The molecule has 0 aliphatic heterocycles. The summed E-state index contributed by atoms with van der Waals surface area (Å²) in [5, 5.41) is 17.0. The molecule has 0 saturated heterocycles. The van der Waals surface area contributed by atoms with Gasteiger partial charge in [-0.15, -0.1) is 10.2 Å². The maximum atomic E-state index is 11.7. The predicted octanol–water partition coefficient (Wildman–Crippen LogP) is 2.22. The number of amides is 3. The molecule has 1 aromatic heterocycles. The van der Waals surface area contributed by atoms with E-state index in [1.54, 1.807) is 0 Å². The van der Waals surface area contributed by atoms with Crippen molar-refractivity contribution in [2.45, 2.75) is 49.4 Å². The lowest BCUT2D eigenvalue weighted by molar-refractivity contribution is -0.117. The Morgan fingerprint density at radius 2 is 2.09 bits per heavy atom. The normalized spacial score (nSPS) is 14.8. The van der Waals surface area contributed by atoms with Gasteiger partial charge in [0, 0.05) is 12.6 Å². The van der Waals surface area contributed by atoms with E-state index in [0.717, 1.165) is 43.8 Å². The van der Waals surface area contributed by atoms with Gasteiger partial charge in [0.1, 0.15) is 0 Å². The summed E-state index contributed by atoms with van der Waals surface area (Å²) >= 11 is 2.69. The van der Waals surface area contributed by atoms with E-state index in [4.69, 9.17) is 0 Å². The zero-order chi connectivity index (χ0) is 15.8. The number of imide groups is 1. The first-order valence-electron chi connectivity index (χ1n) is 7.48. The van der Waals surface area contributed by atoms with Crippen LogP contribution >= 0.6 is 23.1 Å². The van der Waals surface area contributed by atoms with Gasteiger partial charge in [0.05, 0.1) is 5.75 Å². The molecule has 0 unspecified atom stereocenters. The first-order valence-corrected chi connectivity index (χ1v) is 9.28. The molecule has 0 atom stereocenters. The summed E-state index contributed by atoms with van der Waals surface area (Å²) in [4.78, 5) is 23.4. The fraction of sp³-hybridized carbons (Fsp3) is 0.692. The van der Waals surface area contributed by atoms with E-state index < -0.39 is 6.03 Å². The summed E-state index contributed by atoms with van der Waals surface area (Å²) in [6.45, 7) is 2.92. The number of carbonyl (C=O) groups excluding carboxylic acids is 2. The van der Waals surface area contributed by atoms with Gasteiger partial charge in [0.15, 0.2) is 4.34 Å². The molecule has 1 fully saturated rings. The number of hydrogen-bond donors (Lipinski definition) is 3. The lowest BCUT2D eigenvalue weighted by Gasteiger charge is -2.11. The van der Waals surface area contributed by atoms with Crippen molar-refractivity contribution in [3.63, 3.8) is 0 Å². The minimum atomic E-state index is -0.403. The van der Waals surface area contributed by atoms with Crippen LogP contribution in [0.2, 0.25) is 0 Å². The van der Waals surface area contributed by atoms with Crippen molar-refractivity contribution in [2.24, 2.45) is 0 Å². The number of nitrogens with one attached hydrogen (secondary N) is 3. The number of aromatic nitrogens is 2. The molecule has 2 rings (SSSR count). The van der Waals surface area contributed by atoms with Crippen LogP contribution < -0.4 is 16.0 Å². The third-order valence-corrected chi connectivity index (χ3v) is 5.22. The molecule has 22 heavy (non-hydrogen) atoms. The Bertz CT molecular complexity index is 502. The van der Waals surface area contributed by atoms with E-state index in [-0.39, 0.29) is 17.7 Å². The third-order valence-electron chi connectivity index (χ3n) is 3.20. The maximum Gasteiger partial charge on any atom is 0.321 e. The molecule has 122 valence electrons. The van der Waals surface area contributed by atoms with Crippen LogP contribution in [-0.4, -0.2) is 40.5 Å². The molecule has 7 nitrogen and oxygen atoms in total. The molecule has 9 heteroatoms. The first kappa shape index (κ1) is 17.0. The fourth-order valence-corrected chi connectivity index (χ4v) is 3.73. The molecular weight excluding hydrogens is 322 g/mol. The number of thioether (sulfide) groups is 1. The number of carbonyl (C=O) groups is 2. The van der Waals surface area contributed by atoms with Gasteiger partial charge in [0.25, 0.3) is 0 Å². The van der Waals surface area contributed by atoms with Crippen LogP contribution in [0.1, 0.15) is 39.0 Å². The summed E-state index contributed by atoms with van der Waals surface area (Å²) < 4.78 is 0.713. The van der Waals surface area contributed by atoms with E-state index in [1.165, 1.54) is 23.1 Å². The van der Waals surface area contributed by atoms with Gasteiger partial charge >= 0.3 is 6.03 Å². The average Bonchev–Trinajstić information content (AvgIpc) is 3.14. The highest BCUT2D eigenvalue weighted by Gasteiger charge is 2.18. The zero-order valence-corrected chi connectivity index (χ0v) is 14.2. The lowest BCUT2D eigenvalue weighted by Crippen LogP contribution is -2.44. The summed E-state index contributed by atoms with van der Waals surface area (Å²) in [5.74, 6) is -0.167. The van der Waals surface area contributed by atoms with E-state index in [1.807, 2.05) is 0 Å². The van der Waals surface area contributed by atoms with Gasteiger partial charge in [-0.25, -0.2) is 4.79 Å². The van der Waals surface area contributed by atoms with Crippen molar-refractivity contribution in [1.82, 2.24) is 20.8 Å². The second-order valence-electron chi connectivity index (χ2n) is 5.09. The molecule has 1 aliphatic carbocycles. The number of rotatable bonds is 7. The van der Waals surface area contributed by atoms with Crippen molar-refractivity contribution in [1.29, 1.82) is 0 Å². The fourth-order valence-electron chi connectivity index (χ4n) is 2.15. The smallest absolute Gasteiger partial charge is 0.321 e. The van der Waals surface area contributed by atoms with Crippen LogP contribution in [-0.2, 0) is 4.79 Å². The largest absolute Gasteiger partial charge is 0.360 e. The number of urea groups is 1. The highest BCUT2D eigenvalue weighted by atomic mass is 32.2. The van der Waals surface area contributed by atoms with Crippen molar-refractivity contribution in [3.8, 4) is 0 Å². The van der Waals surface area contributed by atoms with Gasteiger partial charge in [-0.1, -0.05) is 42.9 Å². The maximum absolute atomic E-state index is 11.7. The molecule has 1 saturated carbocycles. The lowest BCUT2D eigenvalue weighted by atomic mass is 10.2. The molecule has 0 spiro atoms. The Morgan fingerprint density at radius 1 is 1.32 bits per heavy atom. The van der Waals surface area contributed by atoms with Crippen LogP contribution in [0.15, 0.2) is 4.34 Å². The molecule has 3 amide bonds. The quantitative estimate of drug-likeness (QED) is 0.657. The first-order chi connectivity index (χ1) is 10.7. The highest BCUT2D eigenvalue weighted by Crippen LogP contribution is 2.25. The Kier molecular flexibility index (Phi) is 6.91. The second kappa shape index (κ2) is 8.94. The monoisotopic (exact) mass is 343 g/mol. The molecule has 1 aliphatic rings. The predicted molar refractivity (Wildman–Crippen MR) is 88.3 cm³/mol. The molecule has 0 radical (unpaired) electrons. The van der Waals surface area contributed by atoms with Crippen LogP contribution in [0, 0.1) is 0 Å². The van der Waals surface area contributed by atoms with Gasteiger partial charge < -0.3 is 10.6 Å². The van der Waals surface area contributed by atoms with Gasteiger partial charge in [0.2, 0.25) is 11.0 Å². The molecule has 3 N–H and O–H groups in total. The minimum Gasteiger partial charge on any atom is -0.360 e. The van der Waals surface area contributed by atoms with Gasteiger partial charge in [-0.3, -0.25) is 10.1 Å². The van der Waals surface area contributed by atoms with Crippen LogP contribution in [0.5, 0.6) is 0 Å². The molecular formula is C13H21N5O2S2. The molecule has 0 aromatic carbocycles. The number of nitrogens with zero attached hydrogens (tertiary/aromatic N) is 2. The molecule has 0 bridgehead atoms. The SMILES string of the molecule is CCCNc1nnc(SCC(=O)NC(=O)NC2CCCC2)s1. The molecule has 1 aromatic rings. The second-order valence-corrected chi connectivity index (χ2v) is 7.29. The topological polar surface area (TPSA) is 96.0 Å². The van der Waals surface area contributed by atoms with Crippen molar-refractivity contribution in [3.05, 3.63) is 0 Å². The van der Waals surface area contributed by atoms with Crippen LogP contribution in [0.4, 0.5) is 9.93 Å². The third kappa shape index (κ3) is 5.80. The highest BCUT2D eigenvalue weighted by molar-refractivity contribution is 8.01. The average molecular weight is 343 g/mol. The van der Waals surface area contributed by atoms with E-state index in [2.05, 4.69) is 33.1 Å². The standard InChI is InChI=1S/C13H21N5O2S2/c1-2-7-14-12-17-18-13(22-12)21-8-10(19)16-11(20)15-9-5-3-4-6-9/h9H,2-8H2,1H3,(H,14,17)(H2,15,16,19,20). The Morgan fingerprint density at radius 3 is 2.82 bits per heavy atom. The number of hydrogen-bond acceptors (Lipinski definition) is 7. The van der Waals surface area contributed by atoms with Crippen LogP contribution in [0.3, 0.4) is 0 Å². The summed E-state index contributed by atoms with van der Waals surface area (Å²) in [7, 11) is 0. The Labute approximate surface area is 138 Å². The van der Waals surface area contributed by atoms with Crippen molar-refractivity contribution in [2.75, 3.05) is 17.6 Å². The summed E-state index contributed by atoms with van der Waals surface area (Å²) in [6, 6.07) is -0.198. The summed E-state index contributed by atoms with van der Waals surface area (Å²) in [6.07, 6.45) is 5.28. The van der Waals surface area contributed by atoms with Gasteiger partial charge in [-0.05, 0) is 19.3 Å². The van der Waals surface area contributed by atoms with Crippen LogP contribution in [0.25, 0.3) is 0 Å². The summed E-state index contributed by atoms with van der Waals surface area (Å²) in [5.41, 5.74) is 0. The zero-order valence-electron chi connectivity index (χ0n) is 12.6. The van der Waals surface area contributed by atoms with E-state index >= 15 is 0 Å². The number of anilines is 1. The van der Waals surface area contributed by atoms with E-state index in [0.29, 0.717) is 4.34 Å². The van der Waals surface area contributed by atoms with Crippen molar-refractivity contribution < 1.29 is 9.59 Å². The Hall–Kier alpha value is -1.35. The molecule has 1 heterocycles. The van der Waals surface area contributed by atoms with E-state index in [9.17, 15) is 9.59 Å².